The predicted octanol–water partition coefficient (Wildman–Crippen LogP) is 2.48. The van der Waals surface area contributed by atoms with E-state index in [2.05, 4.69) is 20.6 Å². The first-order chi connectivity index (χ1) is 7.13. The molecule has 0 spiro atoms. The fraction of sp³-hybridized carbons (Fsp3) is 0.375. The van der Waals surface area contributed by atoms with Gasteiger partial charge in [-0.15, -0.1) is 0 Å². The van der Waals surface area contributed by atoms with E-state index in [-0.39, 0.29) is 10.3 Å². The average Bonchev–Trinajstić information content (AvgIpc) is 2.19. The van der Waals surface area contributed by atoms with Crippen LogP contribution in [-0.4, -0.2) is 21.6 Å². The number of hydrogen-bond acceptors (Lipinski definition) is 3. The number of aromatic nitrogens is 2. The minimum atomic E-state index is 0.197. The molecule has 15 heavy (non-hydrogen) atoms. The van der Waals surface area contributed by atoms with Crippen LogP contribution in [0.5, 0.6) is 0 Å². The van der Waals surface area contributed by atoms with E-state index in [0.717, 1.165) is 13.0 Å². The topological polar surface area (TPSA) is 49.8 Å². The van der Waals surface area contributed by atoms with Crippen molar-refractivity contribution in [3.05, 3.63) is 16.5 Å². The summed E-state index contributed by atoms with van der Waals surface area (Å²) in [6.07, 6.45) is 2.39. The zero-order valence-corrected chi connectivity index (χ0v) is 10.4. The summed E-state index contributed by atoms with van der Waals surface area (Å²) in [5.41, 5.74) is 0. The van der Waals surface area contributed by atoms with Crippen LogP contribution in [0.4, 0.5) is 5.82 Å². The average molecular weight is 265 g/mol. The SMILES string of the molecule is CCCNC(=S)Nc1ncc(Cl)nc1Cl. The Morgan fingerprint density at radius 2 is 2.27 bits per heavy atom. The molecule has 1 rings (SSSR count). The molecule has 1 heterocycles. The molecular formula is C8H10Cl2N4S. The monoisotopic (exact) mass is 264 g/mol. The van der Waals surface area contributed by atoms with Gasteiger partial charge in [0.15, 0.2) is 16.1 Å². The second-order valence-electron chi connectivity index (χ2n) is 2.71. The van der Waals surface area contributed by atoms with E-state index in [1.54, 1.807) is 0 Å². The van der Waals surface area contributed by atoms with Gasteiger partial charge in [-0.05, 0) is 18.6 Å². The summed E-state index contributed by atoms with van der Waals surface area (Å²) >= 11 is 16.4. The lowest BCUT2D eigenvalue weighted by molar-refractivity contribution is 0.846. The third-order valence-electron chi connectivity index (χ3n) is 1.47. The molecule has 0 atom stereocenters. The Kier molecular flexibility index (Phi) is 5.01. The molecule has 1 aromatic rings. The van der Waals surface area contributed by atoms with Crippen LogP contribution in [0.3, 0.4) is 0 Å². The number of nitrogens with one attached hydrogen (secondary N) is 2. The van der Waals surface area contributed by atoms with Crippen LogP contribution in [0, 0.1) is 0 Å². The number of hydrogen-bond donors (Lipinski definition) is 2. The molecular weight excluding hydrogens is 255 g/mol. The highest BCUT2D eigenvalue weighted by atomic mass is 35.5. The molecule has 0 amide bonds. The van der Waals surface area contributed by atoms with Crippen molar-refractivity contribution in [1.82, 2.24) is 15.3 Å². The van der Waals surface area contributed by atoms with E-state index in [1.165, 1.54) is 6.20 Å². The number of thiocarbonyl (C=S) groups is 1. The zero-order chi connectivity index (χ0) is 11.3. The molecule has 82 valence electrons. The molecule has 0 bridgehead atoms. The Morgan fingerprint density at radius 1 is 1.53 bits per heavy atom. The first-order valence-corrected chi connectivity index (χ1v) is 5.52. The molecule has 1 aromatic heterocycles. The summed E-state index contributed by atoms with van der Waals surface area (Å²) < 4.78 is 0. The highest BCUT2D eigenvalue weighted by Crippen LogP contribution is 2.17. The Morgan fingerprint density at radius 3 is 2.87 bits per heavy atom. The van der Waals surface area contributed by atoms with Gasteiger partial charge in [0.25, 0.3) is 0 Å². The van der Waals surface area contributed by atoms with Crippen LogP contribution in [-0.2, 0) is 0 Å². The van der Waals surface area contributed by atoms with Crippen molar-refractivity contribution in [3.8, 4) is 0 Å². The third kappa shape index (κ3) is 4.15. The molecule has 2 N–H and O–H groups in total. The Bertz CT molecular complexity index is 358. The molecule has 0 saturated carbocycles. The van der Waals surface area contributed by atoms with Crippen molar-refractivity contribution in [2.45, 2.75) is 13.3 Å². The van der Waals surface area contributed by atoms with Gasteiger partial charge in [-0.1, -0.05) is 30.1 Å². The number of halogens is 2. The summed E-state index contributed by atoms with van der Waals surface area (Å²) in [5.74, 6) is 0.398. The van der Waals surface area contributed by atoms with Crippen LogP contribution in [0.15, 0.2) is 6.20 Å². The zero-order valence-electron chi connectivity index (χ0n) is 8.05. The summed E-state index contributed by atoms with van der Waals surface area (Å²) in [6, 6.07) is 0. The third-order valence-corrected chi connectivity index (χ3v) is 2.16. The van der Waals surface area contributed by atoms with Gasteiger partial charge in [-0.3, -0.25) is 0 Å². The highest BCUT2D eigenvalue weighted by molar-refractivity contribution is 7.80. The normalized spacial score (nSPS) is 9.80. The lowest BCUT2D eigenvalue weighted by Gasteiger charge is -2.09. The van der Waals surface area contributed by atoms with Crippen molar-refractivity contribution < 1.29 is 0 Å². The molecule has 0 unspecified atom stereocenters. The molecule has 0 aliphatic heterocycles. The standard InChI is InChI=1S/C8H10Cl2N4S/c1-2-3-11-8(15)14-7-6(10)13-5(9)4-12-7/h4H,2-3H2,1H3,(H2,11,12,14,15). The quantitative estimate of drug-likeness (QED) is 0.822. The van der Waals surface area contributed by atoms with E-state index < -0.39 is 0 Å². The van der Waals surface area contributed by atoms with E-state index in [4.69, 9.17) is 35.4 Å². The van der Waals surface area contributed by atoms with Gasteiger partial charge in [0.2, 0.25) is 0 Å². The van der Waals surface area contributed by atoms with Crippen molar-refractivity contribution in [2.75, 3.05) is 11.9 Å². The molecule has 0 fully saturated rings. The van der Waals surface area contributed by atoms with Gasteiger partial charge in [0.05, 0.1) is 6.20 Å². The number of nitrogens with zero attached hydrogens (tertiary/aromatic N) is 2. The van der Waals surface area contributed by atoms with Crippen LogP contribution in [0.25, 0.3) is 0 Å². The maximum Gasteiger partial charge on any atom is 0.173 e. The minimum Gasteiger partial charge on any atom is -0.362 e. The van der Waals surface area contributed by atoms with Gasteiger partial charge >= 0.3 is 0 Å². The lowest BCUT2D eigenvalue weighted by Crippen LogP contribution is -2.29. The molecule has 0 aliphatic carbocycles. The second kappa shape index (κ2) is 6.05. The van der Waals surface area contributed by atoms with Crippen LogP contribution >= 0.6 is 35.4 Å². The summed E-state index contributed by atoms with van der Waals surface area (Å²) in [7, 11) is 0. The van der Waals surface area contributed by atoms with Crippen LogP contribution in [0.2, 0.25) is 10.3 Å². The molecule has 0 aromatic carbocycles. The van der Waals surface area contributed by atoms with Crippen molar-refractivity contribution >= 4 is 46.4 Å². The Hall–Kier alpha value is -0.650. The largest absolute Gasteiger partial charge is 0.362 e. The van der Waals surface area contributed by atoms with Crippen LogP contribution in [0.1, 0.15) is 13.3 Å². The van der Waals surface area contributed by atoms with Gasteiger partial charge in [-0.2, -0.15) is 0 Å². The molecule has 0 aliphatic rings. The summed E-state index contributed by atoms with van der Waals surface area (Å²) in [6.45, 7) is 2.84. The van der Waals surface area contributed by atoms with E-state index in [0.29, 0.717) is 10.9 Å². The van der Waals surface area contributed by atoms with Gasteiger partial charge in [0.1, 0.15) is 5.15 Å². The molecule has 7 heteroatoms. The van der Waals surface area contributed by atoms with Gasteiger partial charge in [-0.25, -0.2) is 9.97 Å². The fourth-order valence-electron chi connectivity index (χ4n) is 0.821. The van der Waals surface area contributed by atoms with Crippen LogP contribution < -0.4 is 10.6 Å². The van der Waals surface area contributed by atoms with Crippen molar-refractivity contribution in [3.63, 3.8) is 0 Å². The van der Waals surface area contributed by atoms with Gasteiger partial charge in [0, 0.05) is 6.54 Å². The molecule has 4 nitrogen and oxygen atoms in total. The predicted molar refractivity (Wildman–Crippen MR) is 66.6 cm³/mol. The number of rotatable bonds is 3. The van der Waals surface area contributed by atoms with Crippen molar-refractivity contribution in [1.29, 1.82) is 0 Å². The maximum atomic E-state index is 5.80. The minimum absolute atomic E-state index is 0.197. The first kappa shape index (κ1) is 12.4. The van der Waals surface area contributed by atoms with Crippen molar-refractivity contribution in [2.24, 2.45) is 0 Å². The Labute approximate surface area is 103 Å². The lowest BCUT2D eigenvalue weighted by atomic mass is 10.5. The Balaban J connectivity index is 2.60. The van der Waals surface area contributed by atoms with E-state index in [1.807, 2.05) is 6.92 Å². The fourth-order valence-corrected chi connectivity index (χ4v) is 1.38. The number of anilines is 1. The summed E-state index contributed by atoms with van der Waals surface area (Å²) in [5, 5.41) is 6.73. The second-order valence-corrected chi connectivity index (χ2v) is 3.87. The highest BCUT2D eigenvalue weighted by Gasteiger charge is 2.05. The van der Waals surface area contributed by atoms with Gasteiger partial charge < -0.3 is 10.6 Å². The maximum absolute atomic E-state index is 5.80. The first-order valence-electron chi connectivity index (χ1n) is 4.36. The summed E-state index contributed by atoms with van der Waals surface area (Å²) in [4.78, 5) is 7.79. The molecule has 0 radical (unpaired) electrons. The smallest absolute Gasteiger partial charge is 0.173 e. The van der Waals surface area contributed by atoms with E-state index >= 15 is 0 Å². The van der Waals surface area contributed by atoms with E-state index in [9.17, 15) is 0 Å². The molecule has 0 saturated heterocycles.